The standard InChI is InChI=1S/C13H11Br2N3OS/c1-19-11-6-10(7(14)5-8(11)15)18-9-3-2-4-17-12(9)13(16)20/h2-6,18H,1H3,(H2,16,20). The zero-order chi connectivity index (χ0) is 14.7. The van der Waals surface area contributed by atoms with Gasteiger partial charge in [0.05, 0.1) is 23.0 Å². The molecule has 0 saturated heterocycles. The lowest BCUT2D eigenvalue weighted by atomic mass is 10.2. The van der Waals surface area contributed by atoms with Gasteiger partial charge in [-0.1, -0.05) is 12.2 Å². The van der Waals surface area contributed by atoms with Gasteiger partial charge in [0.25, 0.3) is 0 Å². The fourth-order valence-electron chi connectivity index (χ4n) is 1.63. The Kier molecular flexibility index (Phi) is 4.95. The van der Waals surface area contributed by atoms with Gasteiger partial charge in [-0.2, -0.15) is 0 Å². The Balaban J connectivity index is 2.42. The van der Waals surface area contributed by atoms with Crippen LogP contribution in [0, 0.1) is 0 Å². The van der Waals surface area contributed by atoms with Crippen LogP contribution in [-0.2, 0) is 0 Å². The van der Waals surface area contributed by atoms with Crippen molar-refractivity contribution in [1.29, 1.82) is 0 Å². The molecule has 1 aromatic heterocycles. The van der Waals surface area contributed by atoms with Crippen LogP contribution in [-0.4, -0.2) is 17.1 Å². The SMILES string of the molecule is COc1cc(Nc2cccnc2C(N)=S)c(Br)cc1Br. The molecule has 20 heavy (non-hydrogen) atoms. The molecular formula is C13H11Br2N3OS. The third-order valence-corrected chi connectivity index (χ3v) is 4.02. The summed E-state index contributed by atoms with van der Waals surface area (Å²) in [7, 11) is 1.61. The van der Waals surface area contributed by atoms with Crippen LogP contribution in [0.1, 0.15) is 5.69 Å². The molecule has 4 nitrogen and oxygen atoms in total. The zero-order valence-electron chi connectivity index (χ0n) is 10.5. The number of nitrogens with two attached hydrogens (primary N) is 1. The topological polar surface area (TPSA) is 60.2 Å². The molecule has 0 aliphatic carbocycles. The average molecular weight is 417 g/mol. The fourth-order valence-corrected chi connectivity index (χ4v) is 3.05. The summed E-state index contributed by atoms with van der Waals surface area (Å²) in [5.41, 5.74) is 7.79. The van der Waals surface area contributed by atoms with E-state index in [2.05, 4.69) is 42.2 Å². The van der Waals surface area contributed by atoms with Crippen LogP contribution in [0.3, 0.4) is 0 Å². The number of anilines is 2. The molecule has 0 bridgehead atoms. The van der Waals surface area contributed by atoms with E-state index in [-0.39, 0.29) is 4.99 Å². The van der Waals surface area contributed by atoms with Crippen molar-refractivity contribution in [2.24, 2.45) is 5.73 Å². The molecule has 1 aromatic carbocycles. The van der Waals surface area contributed by atoms with E-state index in [0.717, 1.165) is 26.1 Å². The number of benzene rings is 1. The molecule has 3 N–H and O–H groups in total. The molecule has 104 valence electrons. The average Bonchev–Trinajstić information content (AvgIpc) is 2.42. The Labute approximate surface area is 139 Å². The number of nitrogens with one attached hydrogen (secondary N) is 1. The zero-order valence-corrected chi connectivity index (χ0v) is 14.5. The summed E-state index contributed by atoms with van der Waals surface area (Å²) < 4.78 is 7.02. The molecule has 2 aromatic rings. The molecule has 7 heteroatoms. The summed E-state index contributed by atoms with van der Waals surface area (Å²) in [6.45, 7) is 0. The monoisotopic (exact) mass is 415 g/mol. The van der Waals surface area contributed by atoms with Gasteiger partial charge in [0, 0.05) is 16.7 Å². The summed E-state index contributed by atoms with van der Waals surface area (Å²) in [5, 5.41) is 3.25. The number of nitrogens with zero attached hydrogens (tertiary/aromatic N) is 1. The second-order valence-electron chi connectivity index (χ2n) is 3.86. The third-order valence-electron chi connectivity index (χ3n) is 2.55. The van der Waals surface area contributed by atoms with Crippen molar-refractivity contribution in [2.75, 3.05) is 12.4 Å². The summed E-state index contributed by atoms with van der Waals surface area (Å²) in [5.74, 6) is 0.719. The van der Waals surface area contributed by atoms with Gasteiger partial charge >= 0.3 is 0 Å². The van der Waals surface area contributed by atoms with Gasteiger partial charge < -0.3 is 15.8 Å². The van der Waals surface area contributed by atoms with Crippen molar-refractivity contribution in [3.8, 4) is 5.75 Å². The summed E-state index contributed by atoms with van der Waals surface area (Å²) >= 11 is 11.9. The molecule has 0 unspecified atom stereocenters. The molecule has 0 saturated carbocycles. The molecule has 2 rings (SSSR count). The first-order chi connectivity index (χ1) is 9.52. The van der Waals surface area contributed by atoms with Crippen molar-refractivity contribution in [3.05, 3.63) is 45.1 Å². The summed E-state index contributed by atoms with van der Waals surface area (Å²) in [4.78, 5) is 4.42. The number of ether oxygens (including phenoxy) is 1. The largest absolute Gasteiger partial charge is 0.495 e. The van der Waals surface area contributed by atoms with E-state index in [0.29, 0.717) is 5.69 Å². The van der Waals surface area contributed by atoms with Gasteiger partial charge in [-0.15, -0.1) is 0 Å². The highest BCUT2D eigenvalue weighted by molar-refractivity contribution is 9.11. The van der Waals surface area contributed by atoms with Crippen molar-refractivity contribution >= 4 is 60.4 Å². The number of aromatic nitrogens is 1. The van der Waals surface area contributed by atoms with Crippen molar-refractivity contribution in [3.63, 3.8) is 0 Å². The lowest BCUT2D eigenvalue weighted by Gasteiger charge is -2.13. The van der Waals surface area contributed by atoms with E-state index in [4.69, 9.17) is 22.7 Å². The normalized spacial score (nSPS) is 10.2. The van der Waals surface area contributed by atoms with Gasteiger partial charge in [-0.05, 0) is 50.1 Å². The van der Waals surface area contributed by atoms with Crippen LogP contribution in [0.5, 0.6) is 5.75 Å². The minimum absolute atomic E-state index is 0.244. The first-order valence-corrected chi connectivity index (χ1v) is 7.57. The van der Waals surface area contributed by atoms with Crippen LogP contribution in [0.25, 0.3) is 0 Å². The Morgan fingerprint density at radius 2 is 2.05 bits per heavy atom. The highest BCUT2D eigenvalue weighted by atomic mass is 79.9. The Morgan fingerprint density at radius 3 is 2.70 bits per heavy atom. The number of hydrogen-bond acceptors (Lipinski definition) is 4. The molecule has 0 spiro atoms. The maximum Gasteiger partial charge on any atom is 0.135 e. The summed E-state index contributed by atoms with van der Waals surface area (Å²) in [6, 6.07) is 7.44. The number of thiocarbonyl (C=S) groups is 1. The van der Waals surface area contributed by atoms with E-state index >= 15 is 0 Å². The number of pyridine rings is 1. The minimum Gasteiger partial charge on any atom is -0.495 e. The Bertz CT molecular complexity index is 664. The number of methoxy groups -OCH3 is 1. The van der Waals surface area contributed by atoms with Crippen LogP contribution in [0.2, 0.25) is 0 Å². The second kappa shape index (κ2) is 6.51. The quantitative estimate of drug-likeness (QED) is 0.737. The van der Waals surface area contributed by atoms with Crippen LogP contribution < -0.4 is 15.8 Å². The van der Waals surface area contributed by atoms with Gasteiger partial charge in [0.15, 0.2) is 0 Å². The molecule has 1 heterocycles. The van der Waals surface area contributed by atoms with Gasteiger partial charge in [-0.3, -0.25) is 4.98 Å². The predicted molar refractivity (Wildman–Crippen MR) is 91.8 cm³/mol. The van der Waals surface area contributed by atoms with Gasteiger partial charge in [-0.25, -0.2) is 0 Å². The Hall–Kier alpha value is -1.18. The summed E-state index contributed by atoms with van der Waals surface area (Å²) in [6.07, 6.45) is 1.65. The number of rotatable bonds is 4. The lowest BCUT2D eigenvalue weighted by molar-refractivity contribution is 0.412. The molecule has 0 aliphatic rings. The highest BCUT2D eigenvalue weighted by Gasteiger charge is 2.11. The second-order valence-corrected chi connectivity index (χ2v) is 6.00. The van der Waals surface area contributed by atoms with E-state index < -0.39 is 0 Å². The van der Waals surface area contributed by atoms with Crippen LogP contribution in [0.15, 0.2) is 39.4 Å². The van der Waals surface area contributed by atoms with Crippen LogP contribution in [0.4, 0.5) is 11.4 Å². The smallest absolute Gasteiger partial charge is 0.135 e. The maximum absolute atomic E-state index is 5.67. The van der Waals surface area contributed by atoms with Crippen molar-refractivity contribution < 1.29 is 4.74 Å². The van der Waals surface area contributed by atoms with E-state index in [1.807, 2.05) is 24.3 Å². The first-order valence-electron chi connectivity index (χ1n) is 5.57. The first kappa shape index (κ1) is 15.2. The maximum atomic E-state index is 5.67. The number of hydrogen-bond donors (Lipinski definition) is 2. The third kappa shape index (κ3) is 3.28. The molecule has 0 amide bonds. The fraction of sp³-hybridized carbons (Fsp3) is 0.0769. The van der Waals surface area contributed by atoms with E-state index in [1.54, 1.807) is 13.3 Å². The highest BCUT2D eigenvalue weighted by Crippen LogP contribution is 2.36. The lowest BCUT2D eigenvalue weighted by Crippen LogP contribution is -2.13. The molecule has 0 radical (unpaired) electrons. The molecule has 0 fully saturated rings. The molecular weight excluding hydrogens is 406 g/mol. The van der Waals surface area contributed by atoms with Crippen LogP contribution >= 0.6 is 44.1 Å². The predicted octanol–water partition coefficient (Wildman–Crippen LogP) is 3.99. The van der Waals surface area contributed by atoms with E-state index in [1.165, 1.54) is 0 Å². The van der Waals surface area contributed by atoms with Gasteiger partial charge in [0.2, 0.25) is 0 Å². The Morgan fingerprint density at radius 1 is 1.30 bits per heavy atom. The molecule has 0 atom stereocenters. The number of halogens is 2. The van der Waals surface area contributed by atoms with E-state index in [9.17, 15) is 0 Å². The minimum atomic E-state index is 0.244. The van der Waals surface area contributed by atoms with Gasteiger partial charge in [0.1, 0.15) is 16.4 Å². The van der Waals surface area contributed by atoms with Crippen molar-refractivity contribution in [1.82, 2.24) is 4.98 Å². The molecule has 0 aliphatic heterocycles. The van der Waals surface area contributed by atoms with Crippen molar-refractivity contribution in [2.45, 2.75) is 0 Å².